The van der Waals surface area contributed by atoms with Crippen molar-refractivity contribution in [2.75, 3.05) is 0 Å². The number of hydrogen-bond acceptors (Lipinski definition) is 2. The minimum absolute atomic E-state index is 0.0977. The maximum absolute atomic E-state index is 13.4. The number of fused-ring (bicyclic) bond motifs is 1. The van der Waals surface area contributed by atoms with Crippen LogP contribution in [0, 0.1) is 0 Å². The number of aliphatic hydroxyl groups is 1. The predicted octanol–water partition coefficient (Wildman–Crippen LogP) is 2.62. The van der Waals surface area contributed by atoms with Crippen LogP contribution in [0.25, 0.3) is 0 Å². The summed E-state index contributed by atoms with van der Waals surface area (Å²) in [7, 11) is 1.59. The zero-order valence-corrected chi connectivity index (χ0v) is 13.0. The molecule has 115 valence electrons. The molecule has 0 atom stereocenters. The van der Waals surface area contributed by atoms with Crippen LogP contribution in [0.1, 0.15) is 45.2 Å². The van der Waals surface area contributed by atoms with Gasteiger partial charge in [-0.15, -0.1) is 0 Å². The molecule has 0 saturated heterocycles. The summed E-state index contributed by atoms with van der Waals surface area (Å²) in [5, 5.41) is 10.0. The van der Waals surface area contributed by atoms with Gasteiger partial charge < -0.3 is 9.76 Å². The quantitative estimate of drug-likeness (QED) is 0.865. The fourth-order valence-corrected chi connectivity index (χ4v) is 2.17. The van der Waals surface area contributed by atoms with Crippen LogP contribution in [-0.4, -0.2) is 29.7 Å². The van der Waals surface area contributed by atoms with Gasteiger partial charge in [0.05, 0.1) is 11.2 Å². The van der Waals surface area contributed by atoms with Gasteiger partial charge in [-0.25, -0.2) is 8.78 Å². The van der Waals surface area contributed by atoms with Gasteiger partial charge in [0.25, 0.3) is 5.92 Å². The second-order valence-corrected chi connectivity index (χ2v) is 6.87. The number of halogens is 2. The lowest BCUT2D eigenvalue weighted by atomic mass is 9.79. The lowest BCUT2D eigenvalue weighted by Gasteiger charge is -2.37. The third kappa shape index (κ3) is 3.83. The van der Waals surface area contributed by atoms with Crippen LogP contribution < -0.4 is 5.46 Å². The lowest BCUT2D eigenvalue weighted by Crippen LogP contribution is -2.49. The van der Waals surface area contributed by atoms with E-state index < -0.39 is 17.1 Å². The zero-order chi connectivity index (χ0) is 15.9. The van der Waals surface area contributed by atoms with E-state index in [4.69, 9.17) is 4.65 Å². The van der Waals surface area contributed by atoms with E-state index in [2.05, 4.69) is 0 Å². The SMILES string of the molecule is CC(C)(O)C(C)(C)O[B]c1ccc2c(c1)CCC(F)(F)C2. The first kappa shape index (κ1) is 16.4. The molecule has 1 aromatic carbocycles. The molecule has 2 rings (SSSR count). The Bertz CT molecular complexity index is 521. The van der Waals surface area contributed by atoms with Gasteiger partial charge in [-0.3, -0.25) is 0 Å². The summed E-state index contributed by atoms with van der Waals surface area (Å²) in [4.78, 5) is 0. The Hall–Kier alpha value is -0.935. The van der Waals surface area contributed by atoms with E-state index in [1.165, 1.54) is 0 Å². The normalized spacial score (nSPS) is 18.2. The van der Waals surface area contributed by atoms with Gasteiger partial charge >= 0.3 is 7.48 Å². The summed E-state index contributed by atoms with van der Waals surface area (Å²) in [5.41, 5.74) is 0.774. The highest BCUT2D eigenvalue weighted by Gasteiger charge is 2.36. The molecule has 0 aromatic heterocycles. The monoisotopic (exact) mass is 295 g/mol. The number of alkyl halides is 2. The summed E-state index contributed by atoms with van der Waals surface area (Å²) in [6, 6.07) is 5.42. The van der Waals surface area contributed by atoms with Crippen LogP contribution in [0.3, 0.4) is 0 Å². The Morgan fingerprint density at radius 2 is 1.86 bits per heavy atom. The maximum atomic E-state index is 13.4. The van der Waals surface area contributed by atoms with Gasteiger partial charge in [-0.1, -0.05) is 23.7 Å². The summed E-state index contributed by atoms with van der Waals surface area (Å²) in [6.07, 6.45) is 0.108. The summed E-state index contributed by atoms with van der Waals surface area (Å²) in [5.74, 6) is -2.59. The second-order valence-electron chi connectivity index (χ2n) is 6.87. The minimum Gasteiger partial charge on any atom is -0.427 e. The van der Waals surface area contributed by atoms with Crippen LogP contribution in [0.15, 0.2) is 18.2 Å². The van der Waals surface area contributed by atoms with Gasteiger partial charge in [-0.2, -0.15) is 0 Å². The molecule has 1 aromatic rings. The highest BCUT2D eigenvalue weighted by atomic mass is 19.3. The smallest absolute Gasteiger partial charge is 0.330 e. The molecule has 0 aliphatic heterocycles. The number of hydrogen-bond donors (Lipinski definition) is 1. The minimum atomic E-state index is -2.59. The molecule has 0 fully saturated rings. The van der Waals surface area contributed by atoms with Crippen LogP contribution in [0.5, 0.6) is 0 Å². The highest BCUT2D eigenvalue weighted by molar-refractivity contribution is 6.47. The highest BCUT2D eigenvalue weighted by Crippen LogP contribution is 2.32. The van der Waals surface area contributed by atoms with Crippen LogP contribution >= 0.6 is 0 Å². The standard InChI is InChI=1S/C16H22BF2O2/c1-14(2,20)15(3,4)21-17-13-6-5-12-10-16(18,19)8-7-11(12)9-13/h5-6,9,20H,7-8,10H2,1-4H3. The topological polar surface area (TPSA) is 29.5 Å². The molecule has 0 saturated carbocycles. The van der Waals surface area contributed by atoms with E-state index >= 15 is 0 Å². The van der Waals surface area contributed by atoms with E-state index in [1.807, 2.05) is 19.9 Å². The third-order valence-electron chi connectivity index (χ3n) is 4.40. The van der Waals surface area contributed by atoms with Crippen molar-refractivity contribution in [3.63, 3.8) is 0 Å². The Labute approximate surface area is 125 Å². The predicted molar refractivity (Wildman–Crippen MR) is 80.3 cm³/mol. The van der Waals surface area contributed by atoms with Crippen LogP contribution in [-0.2, 0) is 17.5 Å². The largest absolute Gasteiger partial charge is 0.427 e. The lowest BCUT2D eigenvalue weighted by molar-refractivity contribution is -0.0893. The summed E-state index contributed by atoms with van der Waals surface area (Å²) >= 11 is 0. The average molecular weight is 295 g/mol. The molecule has 0 unspecified atom stereocenters. The molecule has 0 bridgehead atoms. The summed E-state index contributed by atoms with van der Waals surface area (Å²) < 4.78 is 32.4. The van der Waals surface area contributed by atoms with Crippen molar-refractivity contribution >= 4 is 12.9 Å². The molecule has 5 heteroatoms. The van der Waals surface area contributed by atoms with Gasteiger partial charge in [0.15, 0.2) is 0 Å². The summed E-state index contributed by atoms with van der Waals surface area (Å²) in [6.45, 7) is 7.00. The molecule has 21 heavy (non-hydrogen) atoms. The van der Waals surface area contributed by atoms with Crippen LogP contribution in [0.4, 0.5) is 8.78 Å². The van der Waals surface area contributed by atoms with Gasteiger partial charge in [0.1, 0.15) is 0 Å². The molecule has 1 aliphatic rings. The Morgan fingerprint density at radius 3 is 2.48 bits per heavy atom. The first-order chi connectivity index (χ1) is 9.50. The molecule has 0 heterocycles. The number of aryl methyl sites for hydroxylation is 1. The fraction of sp³-hybridized carbons (Fsp3) is 0.625. The second kappa shape index (κ2) is 5.36. The van der Waals surface area contributed by atoms with Crippen molar-refractivity contribution in [1.82, 2.24) is 0 Å². The van der Waals surface area contributed by atoms with Crippen LogP contribution in [0.2, 0.25) is 0 Å². The van der Waals surface area contributed by atoms with Crippen molar-refractivity contribution in [3.05, 3.63) is 29.3 Å². The van der Waals surface area contributed by atoms with Gasteiger partial charge in [-0.05, 0) is 45.2 Å². The van der Waals surface area contributed by atoms with E-state index in [0.717, 1.165) is 11.0 Å². The van der Waals surface area contributed by atoms with Crippen molar-refractivity contribution < 1.29 is 18.5 Å². The van der Waals surface area contributed by atoms with Crippen molar-refractivity contribution in [1.29, 1.82) is 0 Å². The molecule has 1 radical (unpaired) electrons. The molecule has 0 spiro atoms. The molecule has 2 nitrogen and oxygen atoms in total. The van der Waals surface area contributed by atoms with E-state index in [-0.39, 0.29) is 12.8 Å². The average Bonchev–Trinajstić information content (AvgIpc) is 2.34. The van der Waals surface area contributed by atoms with Gasteiger partial charge in [0, 0.05) is 12.8 Å². The Morgan fingerprint density at radius 1 is 1.19 bits per heavy atom. The molecule has 1 aliphatic carbocycles. The third-order valence-corrected chi connectivity index (χ3v) is 4.40. The molecule has 0 amide bonds. The van der Waals surface area contributed by atoms with Crippen molar-refractivity contribution in [3.8, 4) is 0 Å². The fourth-order valence-electron chi connectivity index (χ4n) is 2.17. The zero-order valence-electron chi connectivity index (χ0n) is 13.0. The first-order valence-electron chi connectivity index (χ1n) is 7.23. The first-order valence-corrected chi connectivity index (χ1v) is 7.23. The van der Waals surface area contributed by atoms with Crippen molar-refractivity contribution in [2.45, 2.75) is 64.1 Å². The Kier molecular flexibility index (Phi) is 4.20. The number of rotatable bonds is 4. The maximum Gasteiger partial charge on any atom is 0.330 e. The van der Waals surface area contributed by atoms with E-state index in [1.54, 1.807) is 33.5 Å². The van der Waals surface area contributed by atoms with Gasteiger partial charge in [0.2, 0.25) is 0 Å². The molecule has 1 N–H and O–H groups in total. The van der Waals surface area contributed by atoms with Crippen molar-refractivity contribution in [2.24, 2.45) is 0 Å². The van der Waals surface area contributed by atoms with E-state index in [9.17, 15) is 13.9 Å². The molecular weight excluding hydrogens is 273 g/mol. The Balaban J connectivity index is 2.07. The number of benzene rings is 1. The molecular formula is C16H22BF2O2. The van der Waals surface area contributed by atoms with E-state index in [0.29, 0.717) is 12.0 Å².